The van der Waals surface area contributed by atoms with Gasteiger partial charge in [-0.1, -0.05) is 96.0 Å². The molecule has 9 rings (SSSR count). The van der Waals surface area contributed by atoms with Crippen molar-refractivity contribution >= 4 is 57.2 Å². The summed E-state index contributed by atoms with van der Waals surface area (Å²) in [4.78, 5) is 14.8. The zero-order chi connectivity index (χ0) is 39.4. The van der Waals surface area contributed by atoms with Crippen molar-refractivity contribution in [3.8, 4) is 22.5 Å². The maximum atomic E-state index is 4.90. The van der Waals surface area contributed by atoms with E-state index in [1.165, 1.54) is 44.7 Å². The van der Waals surface area contributed by atoms with E-state index in [-0.39, 0.29) is 27.8 Å². The Kier molecular flexibility index (Phi) is 11.0. The minimum Gasteiger partial charge on any atom is -0.352 e. The molecule has 4 heterocycles. The summed E-state index contributed by atoms with van der Waals surface area (Å²) in [6.07, 6.45) is 6.79. The summed E-state index contributed by atoms with van der Waals surface area (Å²) in [5.74, 6) is 0.790. The van der Waals surface area contributed by atoms with E-state index in [1.807, 2.05) is 12.4 Å². The quantitative estimate of drug-likeness (QED) is 0.107. The molecule has 5 aromatic carbocycles. The maximum Gasteiger partial charge on any atom is 2.00 e. The van der Waals surface area contributed by atoms with Crippen molar-refractivity contribution in [3.63, 3.8) is 0 Å². The summed E-state index contributed by atoms with van der Waals surface area (Å²) in [5.41, 5.74) is 20.8. The van der Waals surface area contributed by atoms with E-state index in [9.17, 15) is 0 Å². The van der Waals surface area contributed by atoms with Crippen LogP contribution in [0.4, 0.5) is 34.1 Å². The van der Waals surface area contributed by atoms with Gasteiger partial charge in [0.05, 0.1) is 0 Å². The molecule has 0 amide bonds. The van der Waals surface area contributed by atoms with Crippen molar-refractivity contribution in [2.45, 2.75) is 79.6 Å². The van der Waals surface area contributed by atoms with Gasteiger partial charge in [0, 0.05) is 35.1 Å². The van der Waals surface area contributed by atoms with Crippen LogP contribution in [-0.2, 0) is 40.3 Å². The fourth-order valence-electron chi connectivity index (χ4n) is 8.60. The van der Waals surface area contributed by atoms with Crippen molar-refractivity contribution in [2.24, 2.45) is 0 Å². The van der Waals surface area contributed by atoms with Crippen LogP contribution in [0.1, 0.15) is 88.1 Å². The van der Waals surface area contributed by atoms with Gasteiger partial charge in [-0.25, -0.2) is 0 Å². The standard InChI is InChI=1S/C52H49BN4.Pt/c1-8-35-11-17-42(18-12-35)56-48-21-15-40(46-31-38(33(4)5)23-25-54-46)29-44(48)53-45-30-41(47-32-39(34(6)7)24-26-55-47)16-22-49(45)57(43-19-13-36(9-2)14-20-43)51-28-37(10-3)27-50(56)52(51)53;/h11-28,31-34H,8-10H2,1-7H3;/q-2;+2. The van der Waals surface area contributed by atoms with Crippen LogP contribution in [-0.4, -0.2) is 16.7 Å². The first kappa shape index (κ1) is 39.6. The minimum atomic E-state index is -0.135. The molecule has 4 nitrogen and oxygen atoms in total. The summed E-state index contributed by atoms with van der Waals surface area (Å²) < 4.78 is 0. The topological polar surface area (TPSA) is 32.3 Å². The Balaban J connectivity index is 0.00000469. The molecule has 2 aromatic heterocycles. The van der Waals surface area contributed by atoms with Crippen LogP contribution in [0.3, 0.4) is 0 Å². The van der Waals surface area contributed by atoms with Gasteiger partial charge < -0.3 is 19.8 Å². The zero-order valence-corrected chi connectivity index (χ0v) is 36.8. The Morgan fingerprint density at radius 3 is 1.29 bits per heavy atom. The van der Waals surface area contributed by atoms with Gasteiger partial charge in [-0.05, 0) is 125 Å². The van der Waals surface area contributed by atoms with E-state index in [0.29, 0.717) is 11.8 Å². The summed E-state index contributed by atoms with van der Waals surface area (Å²) in [7, 11) is 0. The number of hydrogen-bond donors (Lipinski definition) is 0. The van der Waals surface area contributed by atoms with Crippen LogP contribution < -0.4 is 26.2 Å². The summed E-state index contributed by atoms with van der Waals surface area (Å²) >= 11 is 0. The summed E-state index contributed by atoms with van der Waals surface area (Å²) in [6.45, 7) is 15.5. The van der Waals surface area contributed by atoms with Crippen LogP contribution in [0.5, 0.6) is 0 Å². The Morgan fingerprint density at radius 1 is 0.500 bits per heavy atom. The number of nitrogens with zero attached hydrogens (tertiary/aromatic N) is 4. The van der Waals surface area contributed by atoms with Crippen LogP contribution in [0.2, 0.25) is 0 Å². The molecule has 6 heteroatoms. The monoisotopic (exact) mass is 935 g/mol. The third kappa shape index (κ3) is 6.92. The zero-order valence-electron chi connectivity index (χ0n) is 34.5. The predicted molar refractivity (Wildman–Crippen MR) is 241 cm³/mol. The Morgan fingerprint density at radius 2 is 0.914 bits per heavy atom. The molecule has 0 spiro atoms. The molecular weight excluding hydrogens is 886 g/mol. The average Bonchev–Trinajstić information content (AvgIpc) is 3.26. The molecule has 0 saturated carbocycles. The molecule has 7 aromatic rings. The molecule has 58 heavy (non-hydrogen) atoms. The number of hydrogen-bond acceptors (Lipinski definition) is 4. The fraction of sp³-hybridized carbons (Fsp3) is 0.231. The molecule has 0 unspecified atom stereocenters. The third-order valence-electron chi connectivity index (χ3n) is 12.0. The van der Waals surface area contributed by atoms with Gasteiger partial charge in [-0.2, -0.15) is 0 Å². The summed E-state index contributed by atoms with van der Waals surface area (Å²) in [6, 6.07) is 48.9. The van der Waals surface area contributed by atoms with Gasteiger partial charge in [0.15, 0.2) is 0 Å². The van der Waals surface area contributed by atoms with Gasteiger partial charge in [0.2, 0.25) is 6.71 Å². The van der Waals surface area contributed by atoms with E-state index in [1.54, 1.807) is 0 Å². The second-order valence-electron chi connectivity index (χ2n) is 16.1. The molecule has 290 valence electrons. The van der Waals surface area contributed by atoms with Crippen LogP contribution in [0, 0.1) is 12.1 Å². The second-order valence-corrected chi connectivity index (χ2v) is 16.1. The van der Waals surface area contributed by atoms with Gasteiger partial charge in [0.1, 0.15) is 0 Å². The number of benzene rings is 5. The molecule has 0 bridgehead atoms. The molecule has 2 aliphatic heterocycles. The average molecular weight is 936 g/mol. The number of aryl methyl sites for hydroxylation is 3. The molecule has 0 radical (unpaired) electrons. The van der Waals surface area contributed by atoms with Crippen molar-refractivity contribution in [2.75, 3.05) is 9.80 Å². The van der Waals surface area contributed by atoms with Gasteiger partial charge in [0.25, 0.3) is 0 Å². The normalized spacial score (nSPS) is 12.7. The second kappa shape index (κ2) is 16.2. The van der Waals surface area contributed by atoms with E-state index in [4.69, 9.17) is 9.97 Å². The fourth-order valence-corrected chi connectivity index (χ4v) is 8.60. The molecule has 2 aliphatic rings. The van der Waals surface area contributed by atoms with E-state index in [2.05, 4.69) is 180 Å². The molecule has 0 aliphatic carbocycles. The van der Waals surface area contributed by atoms with Gasteiger partial charge in [-0.15, -0.1) is 58.5 Å². The molecule has 0 fully saturated rings. The summed E-state index contributed by atoms with van der Waals surface area (Å²) in [5, 5.41) is 0. The van der Waals surface area contributed by atoms with Gasteiger partial charge in [-0.3, -0.25) is 0 Å². The predicted octanol–water partition coefficient (Wildman–Crippen LogP) is 11.4. The third-order valence-corrected chi connectivity index (χ3v) is 12.0. The van der Waals surface area contributed by atoms with Crippen molar-refractivity contribution in [1.82, 2.24) is 9.97 Å². The number of anilines is 6. The smallest absolute Gasteiger partial charge is 0.352 e. The van der Waals surface area contributed by atoms with Gasteiger partial charge >= 0.3 is 21.1 Å². The van der Waals surface area contributed by atoms with Crippen LogP contribution >= 0.6 is 0 Å². The molecule has 0 saturated heterocycles. The SMILES string of the molecule is CCc1ccc(N2c3ccc(-c4cc(C(C)C)ccn4)[c-]c3B3c4[c-]c(-c5cc(C(C)C)ccn5)ccc4N(c4ccc(CC)cc4)c4cc(CC)cc2c43)cc1.[Pt+2]. The Labute approximate surface area is 359 Å². The largest absolute Gasteiger partial charge is 2.00 e. The van der Waals surface area contributed by atoms with Crippen molar-refractivity contribution < 1.29 is 21.1 Å². The first-order chi connectivity index (χ1) is 27.8. The Hall–Kier alpha value is -5.25. The van der Waals surface area contributed by atoms with Crippen LogP contribution in [0.15, 0.2) is 122 Å². The van der Waals surface area contributed by atoms with Crippen molar-refractivity contribution in [3.05, 3.63) is 162 Å². The number of pyridine rings is 2. The van der Waals surface area contributed by atoms with Crippen LogP contribution in [0.25, 0.3) is 22.5 Å². The number of rotatable bonds is 9. The first-order valence-electron chi connectivity index (χ1n) is 20.8. The van der Waals surface area contributed by atoms with Crippen molar-refractivity contribution in [1.29, 1.82) is 0 Å². The molecular formula is C52H49BN4Pt. The molecule has 0 N–H and O–H groups in total. The Bertz CT molecular complexity index is 2440. The maximum absolute atomic E-state index is 4.90. The number of aromatic nitrogens is 2. The van der Waals surface area contributed by atoms with E-state index in [0.717, 1.165) is 75.5 Å². The number of fused-ring (bicyclic) bond motifs is 4. The van der Waals surface area contributed by atoms with E-state index >= 15 is 0 Å². The van der Waals surface area contributed by atoms with E-state index < -0.39 is 0 Å². The molecule has 0 atom stereocenters. The first-order valence-corrected chi connectivity index (χ1v) is 20.8. The minimum absolute atomic E-state index is 0.